The molecule has 0 saturated carbocycles. The zero-order valence-corrected chi connectivity index (χ0v) is 14.8. The molecule has 0 aliphatic rings. The van der Waals surface area contributed by atoms with Crippen molar-refractivity contribution < 1.29 is 18.7 Å². The van der Waals surface area contributed by atoms with Gasteiger partial charge in [-0.05, 0) is 30.3 Å². The van der Waals surface area contributed by atoms with Gasteiger partial charge in [-0.2, -0.15) is 0 Å². The fraction of sp³-hybridized carbons (Fsp3) is 0.176. The third kappa shape index (κ3) is 4.84. The first-order valence-corrected chi connectivity index (χ1v) is 7.94. The van der Waals surface area contributed by atoms with E-state index in [-0.39, 0.29) is 35.1 Å². The Morgan fingerprint density at radius 2 is 1.96 bits per heavy atom. The smallest absolute Gasteiger partial charge is 0.260 e. The lowest BCUT2D eigenvalue weighted by molar-refractivity contribution is -0.132. The lowest BCUT2D eigenvalue weighted by Gasteiger charge is -2.19. The lowest BCUT2D eigenvalue weighted by Crippen LogP contribution is -2.31. The Kier molecular flexibility index (Phi) is 6.22. The summed E-state index contributed by atoms with van der Waals surface area (Å²) in [5.74, 6) is -1.51. The third-order valence-corrected chi connectivity index (χ3v) is 4.03. The van der Waals surface area contributed by atoms with Gasteiger partial charge in [0, 0.05) is 29.2 Å². The number of nitrogens with zero attached hydrogens (tertiary/aromatic N) is 1. The van der Waals surface area contributed by atoms with E-state index < -0.39 is 17.6 Å². The Hall–Kier alpha value is -2.31. The number of amides is 2. The molecule has 5 nitrogen and oxygen atoms in total. The summed E-state index contributed by atoms with van der Waals surface area (Å²) in [5.41, 5.74) is 5.54. The van der Waals surface area contributed by atoms with Crippen molar-refractivity contribution in [2.24, 2.45) is 5.73 Å². The summed E-state index contributed by atoms with van der Waals surface area (Å²) in [5, 5.41) is 0.549. The molecule has 0 aliphatic carbocycles. The first-order valence-electron chi connectivity index (χ1n) is 7.18. The zero-order valence-electron chi connectivity index (χ0n) is 13.3. The molecule has 0 fully saturated rings. The summed E-state index contributed by atoms with van der Waals surface area (Å²) in [7, 11) is 1.49. The van der Waals surface area contributed by atoms with Crippen LogP contribution in [0.5, 0.6) is 5.75 Å². The summed E-state index contributed by atoms with van der Waals surface area (Å²) < 4.78 is 19.1. The predicted molar refractivity (Wildman–Crippen MR) is 93.3 cm³/mol. The van der Waals surface area contributed by atoms with Crippen molar-refractivity contribution in [1.82, 2.24) is 4.90 Å². The molecule has 2 rings (SSSR count). The third-order valence-electron chi connectivity index (χ3n) is 3.44. The molecule has 2 amide bonds. The molecule has 8 heteroatoms. The number of ether oxygens (including phenoxy) is 1. The molecule has 2 aromatic rings. The molecule has 0 aromatic heterocycles. The van der Waals surface area contributed by atoms with Crippen LogP contribution in [-0.4, -0.2) is 30.4 Å². The minimum Gasteiger partial charge on any atom is -0.483 e. The molecule has 132 valence electrons. The molecular formula is C17H15Cl2FN2O3. The first kappa shape index (κ1) is 19.0. The Morgan fingerprint density at radius 1 is 1.24 bits per heavy atom. The number of rotatable bonds is 6. The van der Waals surface area contributed by atoms with Gasteiger partial charge in [-0.25, -0.2) is 4.39 Å². The Bertz CT molecular complexity index is 794. The Labute approximate surface area is 154 Å². The van der Waals surface area contributed by atoms with Crippen LogP contribution in [0.2, 0.25) is 10.0 Å². The van der Waals surface area contributed by atoms with Gasteiger partial charge in [0.2, 0.25) is 0 Å². The monoisotopic (exact) mass is 384 g/mol. The second-order valence-corrected chi connectivity index (χ2v) is 6.09. The van der Waals surface area contributed by atoms with Crippen LogP contribution in [0, 0.1) is 5.82 Å². The number of carbonyl (C=O) groups excluding carboxylic acids is 2. The highest BCUT2D eigenvalue weighted by atomic mass is 35.5. The maximum atomic E-state index is 13.8. The number of carbonyl (C=O) groups is 2. The minimum atomic E-state index is -0.726. The van der Waals surface area contributed by atoms with Crippen molar-refractivity contribution in [3.63, 3.8) is 0 Å². The van der Waals surface area contributed by atoms with Crippen molar-refractivity contribution in [3.8, 4) is 5.75 Å². The predicted octanol–water partition coefficient (Wildman–Crippen LogP) is 3.27. The topological polar surface area (TPSA) is 72.6 Å². The van der Waals surface area contributed by atoms with Crippen molar-refractivity contribution in [1.29, 1.82) is 0 Å². The average Bonchev–Trinajstić information content (AvgIpc) is 2.56. The summed E-state index contributed by atoms with van der Waals surface area (Å²) in [6, 6.07) is 8.61. The Balaban J connectivity index is 2.04. The van der Waals surface area contributed by atoms with Gasteiger partial charge in [0.25, 0.3) is 11.8 Å². The number of halogens is 3. The molecule has 0 saturated heterocycles. The van der Waals surface area contributed by atoms with Crippen molar-refractivity contribution in [2.45, 2.75) is 6.54 Å². The van der Waals surface area contributed by atoms with Gasteiger partial charge in [-0.1, -0.05) is 29.3 Å². The van der Waals surface area contributed by atoms with Crippen LogP contribution in [0.25, 0.3) is 0 Å². The maximum absolute atomic E-state index is 13.8. The largest absolute Gasteiger partial charge is 0.483 e. The SMILES string of the molecule is CN(Cc1c(F)cccc1Cl)C(=O)COc1ccc(Cl)cc1C(N)=O. The number of benzene rings is 2. The highest BCUT2D eigenvalue weighted by Gasteiger charge is 2.16. The van der Waals surface area contributed by atoms with E-state index in [0.717, 1.165) is 0 Å². The lowest BCUT2D eigenvalue weighted by atomic mass is 10.2. The van der Waals surface area contributed by atoms with Gasteiger partial charge in [0.05, 0.1) is 5.56 Å². The van der Waals surface area contributed by atoms with Crippen LogP contribution in [0.1, 0.15) is 15.9 Å². The number of primary amides is 1. The molecule has 0 spiro atoms. The van der Waals surface area contributed by atoms with E-state index in [1.54, 1.807) is 6.07 Å². The van der Waals surface area contributed by atoms with Crippen LogP contribution < -0.4 is 10.5 Å². The Morgan fingerprint density at radius 3 is 2.60 bits per heavy atom. The van der Waals surface area contributed by atoms with Gasteiger partial charge in [0.1, 0.15) is 11.6 Å². The van der Waals surface area contributed by atoms with E-state index in [4.69, 9.17) is 33.7 Å². The molecule has 25 heavy (non-hydrogen) atoms. The molecular weight excluding hydrogens is 370 g/mol. The fourth-order valence-corrected chi connectivity index (χ4v) is 2.47. The summed E-state index contributed by atoms with van der Waals surface area (Å²) >= 11 is 11.8. The van der Waals surface area contributed by atoms with Crippen molar-refractivity contribution in [3.05, 3.63) is 63.4 Å². The molecule has 0 aliphatic heterocycles. The molecule has 2 N–H and O–H groups in total. The number of hydrogen-bond acceptors (Lipinski definition) is 3. The van der Waals surface area contributed by atoms with E-state index in [0.29, 0.717) is 5.02 Å². The zero-order chi connectivity index (χ0) is 18.6. The molecule has 0 radical (unpaired) electrons. The molecule has 0 unspecified atom stereocenters. The van der Waals surface area contributed by atoms with Crippen LogP contribution >= 0.6 is 23.2 Å². The van der Waals surface area contributed by atoms with E-state index in [1.165, 1.54) is 42.3 Å². The molecule has 0 heterocycles. The highest BCUT2D eigenvalue weighted by molar-refractivity contribution is 6.31. The fourth-order valence-electron chi connectivity index (χ4n) is 2.08. The van der Waals surface area contributed by atoms with Gasteiger partial charge < -0.3 is 15.4 Å². The van der Waals surface area contributed by atoms with Gasteiger partial charge in [0.15, 0.2) is 6.61 Å². The minimum absolute atomic E-state index is 0.0169. The molecule has 0 atom stereocenters. The summed E-state index contributed by atoms with van der Waals surface area (Å²) in [6.45, 7) is -0.374. The molecule has 2 aromatic carbocycles. The normalized spacial score (nSPS) is 10.4. The van der Waals surface area contributed by atoms with Crippen LogP contribution in [0.3, 0.4) is 0 Å². The van der Waals surface area contributed by atoms with E-state index in [1.807, 2.05) is 0 Å². The van der Waals surface area contributed by atoms with Crippen LogP contribution in [-0.2, 0) is 11.3 Å². The number of likely N-dealkylation sites (N-methyl/N-ethyl adjacent to an activating group) is 1. The maximum Gasteiger partial charge on any atom is 0.260 e. The number of hydrogen-bond donors (Lipinski definition) is 1. The average molecular weight is 385 g/mol. The molecule has 0 bridgehead atoms. The van der Waals surface area contributed by atoms with Crippen LogP contribution in [0.4, 0.5) is 4.39 Å². The standard InChI is InChI=1S/C17H15Cl2FN2O3/c1-22(8-12-13(19)3-2-4-14(12)20)16(23)9-25-15-6-5-10(18)7-11(15)17(21)24/h2-7H,8-9H2,1H3,(H2,21,24). The first-order chi connectivity index (χ1) is 11.8. The van der Waals surface area contributed by atoms with Crippen molar-refractivity contribution in [2.75, 3.05) is 13.7 Å². The number of nitrogens with two attached hydrogens (primary N) is 1. The quantitative estimate of drug-likeness (QED) is 0.830. The second kappa shape index (κ2) is 8.18. The van der Waals surface area contributed by atoms with E-state index in [2.05, 4.69) is 0 Å². The van der Waals surface area contributed by atoms with Crippen molar-refractivity contribution >= 4 is 35.0 Å². The summed E-state index contributed by atoms with van der Waals surface area (Å²) in [6.07, 6.45) is 0. The second-order valence-electron chi connectivity index (χ2n) is 5.24. The van der Waals surface area contributed by atoms with Gasteiger partial charge in [-0.15, -0.1) is 0 Å². The highest BCUT2D eigenvalue weighted by Crippen LogP contribution is 2.23. The summed E-state index contributed by atoms with van der Waals surface area (Å²) in [4.78, 5) is 24.9. The van der Waals surface area contributed by atoms with Gasteiger partial charge >= 0.3 is 0 Å². The van der Waals surface area contributed by atoms with E-state index >= 15 is 0 Å². The van der Waals surface area contributed by atoms with Gasteiger partial charge in [-0.3, -0.25) is 9.59 Å². The van der Waals surface area contributed by atoms with Crippen LogP contribution in [0.15, 0.2) is 36.4 Å². The van der Waals surface area contributed by atoms with E-state index in [9.17, 15) is 14.0 Å².